The van der Waals surface area contributed by atoms with Gasteiger partial charge in [-0.3, -0.25) is 9.59 Å². The van der Waals surface area contributed by atoms with Crippen LogP contribution in [0.4, 0.5) is 13.2 Å². The summed E-state index contributed by atoms with van der Waals surface area (Å²) in [6.07, 6.45) is 12.2. The minimum atomic E-state index is -0.889. The van der Waals surface area contributed by atoms with E-state index >= 15 is 0 Å². The molecule has 0 N–H and O–H groups in total. The fourth-order valence-electron chi connectivity index (χ4n) is 6.43. The van der Waals surface area contributed by atoms with Gasteiger partial charge in [0.05, 0.1) is 58.0 Å². The van der Waals surface area contributed by atoms with Gasteiger partial charge < -0.3 is 56.6 Å². The summed E-state index contributed by atoms with van der Waals surface area (Å²) in [5.74, 6) is -3.53. The topological polar surface area (TPSA) is 196 Å². The Kier molecular flexibility index (Phi) is 24.5. The lowest BCUT2D eigenvalue weighted by Crippen LogP contribution is -2.15. The van der Waals surface area contributed by atoms with Gasteiger partial charge in [-0.15, -0.1) is 0 Å². The number of carbonyl (C=O) groups is 4. The molecular formula is C55H56F3NO16. The highest BCUT2D eigenvalue weighted by atomic mass is 19.1. The lowest BCUT2D eigenvalue weighted by atomic mass is 10.0. The smallest absolute Gasteiger partial charge is 0.330 e. The Balaban J connectivity index is 0.000000277. The summed E-state index contributed by atoms with van der Waals surface area (Å²) in [6, 6.07) is 19.1. The molecule has 0 unspecified atom stereocenters. The minimum absolute atomic E-state index is 0.00850. The highest BCUT2D eigenvalue weighted by Crippen LogP contribution is 2.32. The molecule has 2 heterocycles. The Morgan fingerprint density at radius 2 is 1.04 bits per heavy atom. The maximum absolute atomic E-state index is 14.6. The van der Waals surface area contributed by atoms with Crippen LogP contribution >= 0.6 is 0 Å². The van der Waals surface area contributed by atoms with E-state index in [1.54, 1.807) is 80.2 Å². The highest BCUT2D eigenvalue weighted by molar-refractivity contribution is 5.81. The maximum Gasteiger partial charge on any atom is 0.330 e. The van der Waals surface area contributed by atoms with Crippen molar-refractivity contribution in [1.29, 1.82) is 0 Å². The van der Waals surface area contributed by atoms with Crippen molar-refractivity contribution in [1.82, 2.24) is 5.16 Å². The van der Waals surface area contributed by atoms with Crippen LogP contribution in [-0.2, 0) is 58.9 Å². The van der Waals surface area contributed by atoms with Crippen LogP contribution in [0.3, 0.4) is 0 Å². The molecule has 0 bridgehead atoms. The molecule has 0 fully saturated rings. The Morgan fingerprint density at radius 3 is 1.53 bits per heavy atom. The van der Waals surface area contributed by atoms with Gasteiger partial charge in [0, 0.05) is 23.6 Å². The van der Waals surface area contributed by atoms with Crippen molar-refractivity contribution in [3.63, 3.8) is 0 Å². The van der Waals surface area contributed by atoms with Gasteiger partial charge >= 0.3 is 23.9 Å². The summed E-state index contributed by atoms with van der Waals surface area (Å²) in [5.41, 5.74) is 3.72. The fourth-order valence-corrected chi connectivity index (χ4v) is 6.43. The van der Waals surface area contributed by atoms with Crippen molar-refractivity contribution in [3.8, 4) is 45.3 Å². The summed E-state index contributed by atoms with van der Waals surface area (Å²) < 4.78 is 105. The molecule has 0 spiro atoms. The lowest BCUT2D eigenvalue weighted by molar-refractivity contribution is -0.146. The number of carbonyl (C=O) groups excluding carboxylic acids is 4. The van der Waals surface area contributed by atoms with Gasteiger partial charge in [-0.1, -0.05) is 42.6 Å². The molecule has 6 rings (SSSR count). The second-order valence-corrected chi connectivity index (χ2v) is 15.6. The molecule has 1 aliphatic heterocycles. The van der Waals surface area contributed by atoms with Crippen LogP contribution in [0, 0.1) is 30.3 Å². The first-order valence-electron chi connectivity index (χ1n) is 23.4. The van der Waals surface area contributed by atoms with E-state index in [1.807, 2.05) is 12.2 Å². The first kappa shape index (κ1) is 57.5. The van der Waals surface area contributed by atoms with E-state index in [1.165, 1.54) is 12.3 Å². The van der Waals surface area contributed by atoms with E-state index in [0.29, 0.717) is 47.0 Å². The first-order chi connectivity index (χ1) is 36.4. The van der Waals surface area contributed by atoms with E-state index in [-0.39, 0.29) is 96.5 Å². The Bertz CT molecular complexity index is 2620. The van der Waals surface area contributed by atoms with Crippen molar-refractivity contribution in [3.05, 3.63) is 164 Å². The average Bonchev–Trinajstić information content (AvgIpc) is 3.95. The monoisotopic (exact) mass is 1040 g/mol. The molecule has 4 aromatic carbocycles. The van der Waals surface area contributed by atoms with Gasteiger partial charge in [0.2, 0.25) is 0 Å². The largest absolute Gasteiger partial charge is 0.490 e. The molecule has 0 saturated carbocycles. The predicted octanol–water partition coefficient (Wildman–Crippen LogP) is 9.17. The van der Waals surface area contributed by atoms with Crippen molar-refractivity contribution in [2.75, 3.05) is 72.7 Å². The molecule has 17 nitrogen and oxygen atoms in total. The third-order valence-electron chi connectivity index (χ3n) is 10.1. The summed E-state index contributed by atoms with van der Waals surface area (Å²) in [5, 5.41) is 3.56. The number of benzene rings is 4. The number of nitrogens with zero attached hydrogens (tertiary/aromatic N) is 1. The first-order valence-corrected chi connectivity index (χ1v) is 23.4. The number of halogens is 3. The zero-order chi connectivity index (χ0) is 53.6. The van der Waals surface area contributed by atoms with Gasteiger partial charge in [0.25, 0.3) is 0 Å². The summed E-state index contributed by atoms with van der Waals surface area (Å²) in [7, 11) is 0. The lowest BCUT2D eigenvalue weighted by Gasteiger charge is -2.13. The van der Waals surface area contributed by atoms with Gasteiger partial charge in [-0.25, -0.2) is 22.8 Å². The molecule has 1 aliphatic rings. The van der Waals surface area contributed by atoms with Crippen LogP contribution in [0.2, 0.25) is 0 Å². The van der Waals surface area contributed by atoms with Crippen LogP contribution in [0.25, 0.3) is 22.3 Å². The molecule has 75 heavy (non-hydrogen) atoms. The van der Waals surface area contributed by atoms with Gasteiger partial charge in [-0.2, -0.15) is 0 Å². The van der Waals surface area contributed by atoms with Crippen molar-refractivity contribution in [2.24, 2.45) is 5.92 Å². The minimum Gasteiger partial charge on any atom is -0.490 e. The van der Waals surface area contributed by atoms with E-state index in [4.69, 9.17) is 56.6 Å². The zero-order valence-electron chi connectivity index (χ0n) is 41.1. The molecule has 0 atom stereocenters. The number of aryl methyl sites for hydroxylation is 1. The van der Waals surface area contributed by atoms with E-state index in [9.17, 15) is 32.3 Å². The SMILES string of the molecule is C=CC(=O)OCCOc1c(C)cc(-c2ccc(OCCOC(=O)CCOCc3cnoc3)cc2)cc1F.C=CC(=O)OCCOc1c(F)cc(-c2ccc(OCCOC(=O)CCOCC3C=COC=C3)cc2)cc1F. The standard InChI is InChI=1S/C28H28F2O8.C27H28FNO8/c1-2-26(31)36-15-16-38-28-24(29)17-22(18-25(28)30)21-3-5-23(6-4-21)35-13-14-37-27(32)9-12-34-19-20-7-10-33-11-8-20;1-3-25(30)34-12-13-36-27-19(2)14-22(15-24(27)28)21-4-6-23(7-5-21)33-10-11-35-26(31)8-9-32-17-20-16-29-37-18-20/h2-8,10-11,17-18,20H,1,9,12-16,19H2;3-7,14-16,18H,1,8-13,17H2,2H3. The second-order valence-electron chi connectivity index (χ2n) is 15.6. The van der Waals surface area contributed by atoms with Crippen molar-refractivity contribution >= 4 is 23.9 Å². The van der Waals surface area contributed by atoms with E-state index < -0.39 is 41.1 Å². The number of ether oxygens (including phenoxy) is 11. The Morgan fingerprint density at radius 1 is 0.573 bits per heavy atom. The number of hydrogen-bond donors (Lipinski definition) is 0. The third-order valence-corrected chi connectivity index (χ3v) is 10.1. The van der Waals surface area contributed by atoms with Crippen LogP contribution in [-0.4, -0.2) is 102 Å². The summed E-state index contributed by atoms with van der Waals surface area (Å²) in [4.78, 5) is 45.6. The quantitative estimate of drug-likeness (QED) is 0.0182. The van der Waals surface area contributed by atoms with Gasteiger partial charge in [-0.05, 0) is 95.4 Å². The molecule has 20 heteroatoms. The maximum atomic E-state index is 14.6. The molecule has 0 saturated heterocycles. The molecule has 0 amide bonds. The van der Waals surface area contributed by atoms with Crippen LogP contribution in [0.5, 0.6) is 23.0 Å². The molecule has 0 aliphatic carbocycles. The second kappa shape index (κ2) is 32.0. The van der Waals surface area contributed by atoms with Crippen molar-refractivity contribution < 1.29 is 89.0 Å². The third kappa shape index (κ3) is 21.0. The van der Waals surface area contributed by atoms with Gasteiger partial charge in [0.15, 0.2) is 29.0 Å². The average molecular weight is 1040 g/mol. The van der Waals surface area contributed by atoms with Crippen LogP contribution in [0.1, 0.15) is 24.0 Å². The number of aromatic nitrogens is 1. The Hall–Kier alpha value is -8.36. The zero-order valence-corrected chi connectivity index (χ0v) is 41.1. The summed E-state index contributed by atoms with van der Waals surface area (Å²) in [6.45, 7) is 9.66. The molecule has 0 radical (unpaired) electrons. The molecule has 5 aromatic rings. The van der Waals surface area contributed by atoms with Crippen LogP contribution < -0.4 is 18.9 Å². The van der Waals surface area contributed by atoms with Crippen molar-refractivity contribution in [2.45, 2.75) is 26.4 Å². The number of esters is 4. The van der Waals surface area contributed by atoms with Crippen LogP contribution in [0.15, 0.2) is 140 Å². The number of hydrogen-bond acceptors (Lipinski definition) is 17. The van der Waals surface area contributed by atoms with Gasteiger partial charge in [0.1, 0.15) is 70.6 Å². The van der Waals surface area contributed by atoms with E-state index in [0.717, 1.165) is 35.4 Å². The van der Waals surface area contributed by atoms with E-state index in [2.05, 4.69) is 18.3 Å². The Labute approximate surface area is 430 Å². The highest BCUT2D eigenvalue weighted by Gasteiger charge is 2.16. The molecule has 1 aromatic heterocycles. The molecular weight excluding hydrogens is 988 g/mol. The normalized spacial score (nSPS) is 11.5. The predicted molar refractivity (Wildman–Crippen MR) is 264 cm³/mol. The molecule has 398 valence electrons. The summed E-state index contributed by atoms with van der Waals surface area (Å²) >= 11 is 0. The fraction of sp³-hybridized carbons (Fsp3) is 0.291. The number of rotatable bonds is 30.